The highest BCUT2D eigenvalue weighted by atomic mass is 32.2. The Bertz CT molecular complexity index is 944. The van der Waals surface area contributed by atoms with Gasteiger partial charge in [0.25, 0.3) is 0 Å². The standard InChI is InChI=1S/C22H29FN2O4S/c1-15(2)21(25-30(27,28)20-8-6-5-7-19(20)23)22(26)24-13-17-9-11-18(12-10-17)14-29-16(3)4/h5-12,15-16,21,25H,13-14H2,1-4H3,(H,24,26)/t21-/m0/s1. The molecule has 0 aromatic heterocycles. The number of carbonyl (C=O) groups is 1. The summed E-state index contributed by atoms with van der Waals surface area (Å²) in [5.74, 6) is -1.67. The van der Waals surface area contributed by atoms with Crippen molar-refractivity contribution in [2.45, 2.75) is 57.9 Å². The molecule has 0 bridgehead atoms. The Hall–Kier alpha value is -2.29. The highest BCUT2D eigenvalue weighted by Gasteiger charge is 2.29. The first-order valence-corrected chi connectivity index (χ1v) is 11.3. The van der Waals surface area contributed by atoms with Crippen molar-refractivity contribution in [3.05, 3.63) is 65.5 Å². The Kier molecular flexibility index (Phi) is 8.52. The first-order chi connectivity index (χ1) is 14.1. The molecular weight excluding hydrogens is 407 g/mol. The zero-order valence-electron chi connectivity index (χ0n) is 17.7. The van der Waals surface area contributed by atoms with E-state index in [1.165, 1.54) is 12.1 Å². The molecule has 2 rings (SSSR count). The molecule has 30 heavy (non-hydrogen) atoms. The van der Waals surface area contributed by atoms with Gasteiger partial charge in [-0.25, -0.2) is 12.8 Å². The molecule has 0 saturated heterocycles. The third kappa shape index (κ3) is 6.90. The predicted molar refractivity (Wildman–Crippen MR) is 114 cm³/mol. The molecule has 164 valence electrons. The van der Waals surface area contributed by atoms with Gasteiger partial charge in [0.1, 0.15) is 16.8 Å². The molecule has 2 aromatic carbocycles. The quantitative estimate of drug-likeness (QED) is 0.598. The Balaban J connectivity index is 2.01. The van der Waals surface area contributed by atoms with Crippen LogP contribution in [0.4, 0.5) is 4.39 Å². The molecule has 0 saturated carbocycles. The molecule has 0 fully saturated rings. The molecule has 2 aromatic rings. The van der Waals surface area contributed by atoms with Crippen LogP contribution in [-0.2, 0) is 32.7 Å². The van der Waals surface area contributed by atoms with Gasteiger partial charge in [-0.2, -0.15) is 4.72 Å². The van der Waals surface area contributed by atoms with Crippen LogP contribution in [0.1, 0.15) is 38.8 Å². The van der Waals surface area contributed by atoms with Crippen LogP contribution < -0.4 is 10.0 Å². The van der Waals surface area contributed by atoms with Gasteiger partial charge in [0.15, 0.2) is 0 Å². The van der Waals surface area contributed by atoms with E-state index in [1.807, 2.05) is 38.1 Å². The molecule has 2 N–H and O–H groups in total. The zero-order valence-corrected chi connectivity index (χ0v) is 18.5. The summed E-state index contributed by atoms with van der Waals surface area (Å²) in [7, 11) is -4.18. The van der Waals surface area contributed by atoms with Crippen LogP contribution in [-0.4, -0.2) is 26.5 Å². The average molecular weight is 437 g/mol. The number of amides is 1. The minimum atomic E-state index is -4.18. The van der Waals surface area contributed by atoms with Crippen molar-refractivity contribution in [2.75, 3.05) is 0 Å². The second-order valence-corrected chi connectivity index (χ2v) is 9.35. The second kappa shape index (κ2) is 10.7. The molecule has 0 aliphatic heterocycles. The molecule has 8 heteroatoms. The van der Waals surface area contributed by atoms with Gasteiger partial charge in [-0.05, 0) is 43.0 Å². The summed E-state index contributed by atoms with van der Waals surface area (Å²) in [6, 6.07) is 11.6. The average Bonchev–Trinajstić information content (AvgIpc) is 2.69. The third-order valence-corrected chi connectivity index (χ3v) is 5.90. The van der Waals surface area contributed by atoms with Crippen LogP contribution >= 0.6 is 0 Å². The second-order valence-electron chi connectivity index (χ2n) is 7.67. The van der Waals surface area contributed by atoms with E-state index >= 15 is 0 Å². The number of ether oxygens (including phenoxy) is 1. The van der Waals surface area contributed by atoms with Crippen LogP contribution in [0.5, 0.6) is 0 Å². The van der Waals surface area contributed by atoms with Gasteiger partial charge in [0.05, 0.1) is 12.7 Å². The summed E-state index contributed by atoms with van der Waals surface area (Å²) in [5.41, 5.74) is 1.90. The topological polar surface area (TPSA) is 84.5 Å². The number of hydrogen-bond donors (Lipinski definition) is 2. The summed E-state index contributed by atoms with van der Waals surface area (Å²) in [5, 5.41) is 2.75. The van der Waals surface area contributed by atoms with Crippen molar-refractivity contribution in [1.82, 2.24) is 10.0 Å². The van der Waals surface area contributed by atoms with E-state index in [-0.39, 0.29) is 18.6 Å². The van der Waals surface area contributed by atoms with E-state index in [0.717, 1.165) is 23.3 Å². The fourth-order valence-corrected chi connectivity index (χ4v) is 4.12. The van der Waals surface area contributed by atoms with Gasteiger partial charge < -0.3 is 10.1 Å². The first-order valence-electron chi connectivity index (χ1n) is 9.84. The molecular formula is C22H29FN2O4S. The van der Waals surface area contributed by atoms with Crippen molar-refractivity contribution < 1.29 is 22.3 Å². The molecule has 1 atom stereocenters. The number of carbonyl (C=O) groups excluding carboxylic acids is 1. The smallest absolute Gasteiger partial charge is 0.244 e. The minimum absolute atomic E-state index is 0.144. The minimum Gasteiger partial charge on any atom is -0.374 e. The summed E-state index contributed by atoms with van der Waals surface area (Å²) in [4.78, 5) is 12.2. The van der Waals surface area contributed by atoms with Gasteiger partial charge in [-0.3, -0.25) is 4.79 Å². The summed E-state index contributed by atoms with van der Waals surface area (Å²) < 4.78 is 46.9. The van der Waals surface area contributed by atoms with Crippen molar-refractivity contribution in [3.63, 3.8) is 0 Å². The Morgan fingerprint density at radius 1 is 1.00 bits per heavy atom. The number of halogens is 1. The number of sulfonamides is 1. The van der Waals surface area contributed by atoms with Crippen molar-refractivity contribution in [3.8, 4) is 0 Å². The van der Waals surface area contributed by atoms with Crippen molar-refractivity contribution in [2.24, 2.45) is 5.92 Å². The van der Waals surface area contributed by atoms with Crippen molar-refractivity contribution in [1.29, 1.82) is 0 Å². The number of benzene rings is 2. The molecule has 0 aliphatic carbocycles. The van der Waals surface area contributed by atoms with Crippen LogP contribution in [0.25, 0.3) is 0 Å². The van der Waals surface area contributed by atoms with Gasteiger partial charge >= 0.3 is 0 Å². The lowest BCUT2D eigenvalue weighted by atomic mass is 10.0. The molecule has 6 nitrogen and oxygen atoms in total. The highest BCUT2D eigenvalue weighted by molar-refractivity contribution is 7.89. The fraction of sp³-hybridized carbons (Fsp3) is 0.409. The molecule has 0 radical (unpaired) electrons. The monoisotopic (exact) mass is 436 g/mol. The zero-order chi connectivity index (χ0) is 22.3. The Morgan fingerprint density at radius 3 is 2.17 bits per heavy atom. The van der Waals surface area contributed by atoms with Crippen LogP contribution in [0.15, 0.2) is 53.4 Å². The maximum Gasteiger partial charge on any atom is 0.244 e. The van der Waals surface area contributed by atoms with Gasteiger partial charge in [0.2, 0.25) is 15.9 Å². The SMILES string of the molecule is CC(C)OCc1ccc(CNC(=O)[C@@H](NS(=O)(=O)c2ccccc2F)C(C)C)cc1. The van der Waals surface area contributed by atoms with E-state index in [4.69, 9.17) is 4.74 Å². The molecule has 0 heterocycles. The van der Waals surface area contributed by atoms with E-state index in [9.17, 15) is 17.6 Å². The molecule has 0 unspecified atom stereocenters. The van der Waals surface area contributed by atoms with E-state index < -0.39 is 32.7 Å². The highest BCUT2D eigenvalue weighted by Crippen LogP contribution is 2.16. The van der Waals surface area contributed by atoms with E-state index in [1.54, 1.807) is 13.8 Å². The lowest BCUT2D eigenvalue weighted by Gasteiger charge is -2.22. The molecule has 1 amide bonds. The fourth-order valence-electron chi connectivity index (χ4n) is 2.70. The number of nitrogens with one attached hydrogen (secondary N) is 2. The maximum absolute atomic E-state index is 13.9. The summed E-state index contributed by atoms with van der Waals surface area (Å²) in [6.07, 6.45) is 0.144. The lowest BCUT2D eigenvalue weighted by molar-refractivity contribution is -0.123. The summed E-state index contributed by atoms with van der Waals surface area (Å²) in [6.45, 7) is 8.13. The lowest BCUT2D eigenvalue weighted by Crippen LogP contribution is -2.49. The van der Waals surface area contributed by atoms with Gasteiger partial charge in [-0.15, -0.1) is 0 Å². The summed E-state index contributed by atoms with van der Waals surface area (Å²) >= 11 is 0. The van der Waals surface area contributed by atoms with Gasteiger partial charge in [-0.1, -0.05) is 50.2 Å². The normalized spacial score (nSPS) is 12.9. The van der Waals surface area contributed by atoms with E-state index in [0.29, 0.717) is 6.61 Å². The Morgan fingerprint density at radius 2 is 1.60 bits per heavy atom. The van der Waals surface area contributed by atoms with Crippen LogP contribution in [0.2, 0.25) is 0 Å². The number of hydrogen-bond acceptors (Lipinski definition) is 4. The molecule has 0 spiro atoms. The largest absolute Gasteiger partial charge is 0.374 e. The Labute approximate surface area is 177 Å². The van der Waals surface area contributed by atoms with Crippen LogP contribution in [0.3, 0.4) is 0 Å². The predicted octanol–water partition coefficient (Wildman–Crippen LogP) is 3.37. The maximum atomic E-state index is 13.9. The third-order valence-electron chi connectivity index (χ3n) is 4.43. The molecule has 0 aliphatic rings. The van der Waals surface area contributed by atoms with Crippen molar-refractivity contribution >= 4 is 15.9 Å². The first kappa shape index (κ1) is 24.0. The van der Waals surface area contributed by atoms with E-state index in [2.05, 4.69) is 10.0 Å². The van der Waals surface area contributed by atoms with Gasteiger partial charge in [0, 0.05) is 6.54 Å². The number of rotatable bonds is 10. The van der Waals surface area contributed by atoms with Crippen LogP contribution in [0, 0.1) is 11.7 Å².